The number of rotatable bonds is 3. The number of amides is 2. The fraction of sp³-hybridized carbons (Fsp3) is 0.562. The fourth-order valence-electron chi connectivity index (χ4n) is 2.83. The topological polar surface area (TPSA) is 63.2 Å². The Kier molecular flexibility index (Phi) is 3.93. The number of carbonyl (C=O) groups is 3. The summed E-state index contributed by atoms with van der Waals surface area (Å²) < 4.78 is 0. The van der Waals surface area contributed by atoms with E-state index in [0.717, 1.165) is 17.6 Å². The molecule has 1 atom stereocenters. The van der Waals surface area contributed by atoms with E-state index in [1.54, 1.807) is 6.08 Å². The molecule has 1 saturated heterocycles. The number of piperidine rings is 1. The second kappa shape index (κ2) is 5.35. The Hall–Kier alpha value is -1.71. The van der Waals surface area contributed by atoms with Crippen molar-refractivity contribution in [2.75, 3.05) is 0 Å². The van der Waals surface area contributed by atoms with Gasteiger partial charge in [0.1, 0.15) is 0 Å². The summed E-state index contributed by atoms with van der Waals surface area (Å²) in [6.45, 7) is 6.10. The van der Waals surface area contributed by atoms with Gasteiger partial charge in [0.05, 0.1) is 0 Å². The summed E-state index contributed by atoms with van der Waals surface area (Å²) in [4.78, 5) is 35.0. The van der Waals surface area contributed by atoms with Crippen molar-refractivity contribution in [1.82, 2.24) is 5.32 Å². The number of imide groups is 1. The molecule has 4 nitrogen and oxygen atoms in total. The van der Waals surface area contributed by atoms with Crippen molar-refractivity contribution in [1.29, 1.82) is 0 Å². The molecule has 0 aromatic carbocycles. The average Bonchev–Trinajstić information content (AvgIpc) is 2.36. The highest BCUT2D eigenvalue weighted by atomic mass is 16.2. The van der Waals surface area contributed by atoms with Crippen LogP contribution in [-0.4, -0.2) is 17.6 Å². The van der Waals surface area contributed by atoms with Gasteiger partial charge in [-0.15, -0.1) is 0 Å². The summed E-state index contributed by atoms with van der Waals surface area (Å²) in [7, 11) is 0. The zero-order valence-corrected chi connectivity index (χ0v) is 12.3. The number of nitrogens with one attached hydrogen (secondary N) is 1. The van der Waals surface area contributed by atoms with E-state index in [1.165, 1.54) is 0 Å². The lowest BCUT2D eigenvalue weighted by Crippen LogP contribution is -2.41. The van der Waals surface area contributed by atoms with Crippen molar-refractivity contribution in [3.05, 3.63) is 23.3 Å². The molecule has 0 radical (unpaired) electrons. The minimum Gasteiger partial charge on any atom is -0.296 e. The first-order valence-corrected chi connectivity index (χ1v) is 7.14. The lowest BCUT2D eigenvalue weighted by Gasteiger charge is -2.32. The van der Waals surface area contributed by atoms with Gasteiger partial charge in [0, 0.05) is 17.8 Å². The van der Waals surface area contributed by atoms with E-state index in [0.29, 0.717) is 19.3 Å². The van der Waals surface area contributed by atoms with Gasteiger partial charge in [-0.1, -0.05) is 32.4 Å². The Morgan fingerprint density at radius 3 is 2.60 bits per heavy atom. The standard InChI is InChI=1S/C16H21NO3/c1-4-10-9-16(2,3)12(8-13(10)18)7-11-5-6-14(19)17-15(11)20/h8-9,11H,4-7H2,1-3H3,(H,17,19,20). The molecule has 1 aliphatic carbocycles. The van der Waals surface area contributed by atoms with Gasteiger partial charge in [-0.25, -0.2) is 0 Å². The van der Waals surface area contributed by atoms with Crippen LogP contribution in [0.25, 0.3) is 0 Å². The molecular weight excluding hydrogens is 254 g/mol. The maximum absolute atomic E-state index is 12.0. The summed E-state index contributed by atoms with van der Waals surface area (Å²) in [5, 5.41) is 2.37. The molecular formula is C16H21NO3. The largest absolute Gasteiger partial charge is 0.296 e. The van der Waals surface area contributed by atoms with E-state index in [2.05, 4.69) is 19.2 Å². The Morgan fingerprint density at radius 2 is 2.00 bits per heavy atom. The van der Waals surface area contributed by atoms with Crippen LogP contribution in [0, 0.1) is 11.3 Å². The Bertz CT molecular complexity index is 526. The molecule has 1 unspecified atom stereocenters. The molecule has 0 aromatic heterocycles. The summed E-state index contributed by atoms with van der Waals surface area (Å²) in [5.41, 5.74) is 1.61. The Morgan fingerprint density at radius 1 is 1.30 bits per heavy atom. The van der Waals surface area contributed by atoms with Crippen molar-refractivity contribution >= 4 is 17.6 Å². The molecule has 1 fully saturated rings. The predicted molar refractivity (Wildman–Crippen MR) is 75.7 cm³/mol. The SMILES string of the molecule is CCC1=CC(C)(C)C(CC2CCC(=O)NC2=O)=CC1=O. The Labute approximate surface area is 119 Å². The van der Waals surface area contributed by atoms with Crippen LogP contribution < -0.4 is 5.32 Å². The van der Waals surface area contributed by atoms with Crippen LogP contribution in [0.5, 0.6) is 0 Å². The summed E-state index contributed by atoms with van der Waals surface area (Å²) in [6.07, 6.45) is 5.92. The number of ketones is 1. The third kappa shape index (κ3) is 2.89. The van der Waals surface area contributed by atoms with Crippen LogP contribution in [0.4, 0.5) is 0 Å². The Balaban J connectivity index is 2.15. The molecule has 0 bridgehead atoms. The van der Waals surface area contributed by atoms with E-state index in [-0.39, 0.29) is 28.9 Å². The number of carbonyl (C=O) groups excluding carboxylic acids is 3. The van der Waals surface area contributed by atoms with Crippen molar-refractivity contribution in [2.45, 2.75) is 46.5 Å². The molecule has 1 N–H and O–H groups in total. The number of hydrogen-bond donors (Lipinski definition) is 1. The van der Waals surface area contributed by atoms with Gasteiger partial charge in [0.25, 0.3) is 0 Å². The summed E-state index contributed by atoms with van der Waals surface area (Å²) >= 11 is 0. The average molecular weight is 275 g/mol. The van der Waals surface area contributed by atoms with E-state index in [4.69, 9.17) is 0 Å². The maximum Gasteiger partial charge on any atom is 0.229 e. The van der Waals surface area contributed by atoms with Crippen molar-refractivity contribution in [3.63, 3.8) is 0 Å². The quantitative estimate of drug-likeness (QED) is 0.804. The van der Waals surface area contributed by atoms with E-state index < -0.39 is 0 Å². The second-order valence-electron chi connectivity index (χ2n) is 6.13. The predicted octanol–water partition coefficient (Wildman–Crippen LogP) is 2.30. The molecule has 20 heavy (non-hydrogen) atoms. The van der Waals surface area contributed by atoms with Crippen LogP contribution in [0.1, 0.15) is 46.5 Å². The van der Waals surface area contributed by atoms with Gasteiger partial charge in [-0.3, -0.25) is 19.7 Å². The molecule has 0 aromatic rings. The van der Waals surface area contributed by atoms with Gasteiger partial charge in [0.2, 0.25) is 11.8 Å². The summed E-state index contributed by atoms with van der Waals surface area (Å²) in [5.74, 6) is -0.570. The first kappa shape index (κ1) is 14.7. The van der Waals surface area contributed by atoms with Crippen LogP contribution >= 0.6 is 0 Å². The fourth-order valence-corrected chi connectivity index (χ4v) is 2.83. The van der Waals surface area contributed by atoms with E-state index in [1.807, 2.05) is 13.0 Å². The van der Waals surface area contributed by atoms with Crippen LogP contribution in [0.15, 0.2) is 23.3 Å². The minimum absolute atomic E-state index is 0.0501. The third-order valence-electron chi connectivity index (χ3n) is 4.18. The van der Waals surface area contributed by atoms with Crippen LogP contribution in [-0.2, 0) is 14.4 Å². The second-order valence-corrected chi connectivity index (χ2v) is 6.13. The molecule has 2 aliphatic rings. The number of hydrogen-bond acceptors (Lipinski definition) is 3. The lowest BCUT2D eigenvalue weighted by molar-refractivity contribution is -0.136. The van der Waals surface area contributed by atoms with Gasteiger partial charge < -0.3 is 0 Å². The number of allylic oxidation sites excluding steroid dienone is 4. The molecule has 0 spiro atoms. The van der Waals surface area contributed by atoms with Crippen molar-refractivity contribution in [3.8, 4) is 0 Å². The van der Waals surface area contributed by atoms with E-state index >= 15 is 0 Å². The van der Waals surface area contributed by atoms with Gasteiger partial charge in [-0.05, 0) is 30.9 Å². The minimum atomic E-state index is -0.212. The van der Waals surface area contributed by atoms with Crippen LogP contribution in [0.3, 0.4) is 0 Å². The third-order valence-corrected chi connectivity index (χ3v) is 4.18. The van der Waals surface area contributed by atoms with Crippen molar-refractivity contribution < 1.29 is 14.4 Å². The van der Waals surface area contributed by atoms with Gasteiger partial charge in [-0.2, -0.15) is 0 Å². The molecule has 0 saturated carbocycles. The highest BCUT2D eigenvalue weighted by molar-refractivity contribution is 6.06. The zero-order chi connectivity index (χ0) is 14.9. The molecule has 2 amide bonds. The highest BCUT2D eigenvalue weighted by Gasteiger charge is 2.33. The van der Waals surface area contributed by atoms with Crippen LogP contribution in [0.2, 0.25) is 0 Å². The molecule has 4 heteroatoms. The van der Waals surface area contributed by atoms with E-state index in [9.17, 15) is 14.4 Å². The summed E-state index contributed by atoms with van der Waals surface area (Å²) in [6, 6.07) is 0. The highest BCUT2D eigenvalue weighted by Crippen LogP contribution is 2.38. The molecule has 108 valence electrons. The maximum atomic E-state index is 12.0. The monoisotopic (exact) mass is 275 g/mol. The molecule has 1 aliphatic heterocycles. The smallest absolute Gasteiger partial charge is 0.229 e. The van der Waals surface area contributed by atoms with Gasteiger partial charge >= 0.3 is 0 Å². The first-order valence-electron chi connectivity index (χ1n) is 7.14. The van der Waals surface area contributed by atoms with Crippen molar-refractivity contribution in [2.24, 2.45) is 11.3 Å². The molecule has 2 rings (SSSR count). The molecule has 1 heterocycles. The van der Waals surface area contributed by atoms with Gasteiger partial charge in [0.15, 0.2) is 5.78 Å². The zero-order valence-electron chi connectivity index (χ0n) is 12.3. The lowest BCUT2D eigenvalue weighted by atomic mass is 9.73. The normalized spacial score (nSPS) is 25.9. The first-order chi connectivity index (χ1) is 9.33.